The molecule has 3 aromatic rings. The van der Waals surface area contributed by atoms with E-state index in [0.717, 1.165) is 21.0 Å². The van der Waals surface area contributed by atoms with Gasteiger partial charge in [0.25, 0.3) is 0 Å². The minimum atomic E-state index is -1.22. The van der Waals surface area contributed by atoms with E-state index in [-0.39, 0.29) is 0 Å². The van der Waals surface area contributed by atoms with E-state index in [0.29, 0.717) is 0 Å². The molecule has 0 radical (unpaired) electrons. The van der Waals surface area contributed by atoms with E-state index in [2.05, 4.69) is 9.97 Å². The molecule has 0 spiro atoms. The number of hydrogen-bond acceptors (Lipinski definition) is 3. The summed E-state index contributed by atoms with van der Waals surface area (Å²) >= 11 is -1.22. The van der Waals surface area contributed by atoms with Crippen molar-refractivity contribution < 1.29 is 4.55 Å². The van der Waals surface area contributed by atoms with E-state index >= 15 is 0 Å². The minimum Gasteiger partial charge on any atom is -0.606 e. The first-order valence-corrected chi connectivity index (χ1v) is 7.33. The molecular formula is C16H12N2OS. The Kier molecular flexibility index (Phi) is 3.76. The predicted octanol–water partition coefficient (Wildman–Crippen LogP) is 3.31. The van der Waals surface area contributed by atoms with Gasteiger partial charge in [0.1, 0.15) is 6.33 Å². The van der Waals surface area contributed by atoms with E-state index in [9.17, 15) is 4.55 Å². The zero-order chi connectivity index (χ0) is 13.8. The molecule has 0 amide bonds. The van der Waals surface area contributed by atoms with Crippen LogP contribution in [0.1, 0.15) is 0 Å². The fourth-order valence-corrected chi connectivity index (χ4v) is 3.19. The molecule has 4 heteroatoms. The molecule has 3 nitrogen and oxygen atoms in total. The lowest BCUT2D eigenvalue weighted by Crippen LogP contribution is -2.04. The van der Waals surface area contributed by atoms with Crippen LogP contribution in [0.5, 0.6) is 0 Å². The van der Waals surface area contributed by atoms with Crippen molar-refractivity contribution in [2.24, 2.45) is 0 Å². The maximum absolute atomic E-state index is 12.7. The highest BCUT2D eigenvalue weighted by Crippen LogP contribution is 2.29. The van der Waals surface area contributed by atoms with Crippen molar-refractivity contribution >= 4 is 11.2 Å². The van der Waals surface area contributed by atoms with Crippen LogP contribution < -0.4 is 0 Å². The van der Waals surface area contributed by atoms with Gasteiger partial charge in [-0.15, -0.1) is 0 Å². The first-order valence-electron chi connectivity index (χ1n) is 6.18. The van der Waals surface area contributed by atoms with Gasteiger partial charge in [0, 0.05) is 17.4 Å². The normalized spacial score (nSPS) is 12.1. The van der Waals surface area contributed by atoms with Crippen LogP contribution in [0.3, 0.4) is 0 Å². The lowest BCUT2D eigenvalue weighted by atomic mass is 10.1. The number of aromatic nitrogens is 2. The monoisotopic (exact) mass is 280 g/mol. The largest absolute Gasteiger partial charge is 0.606 e. The molecule has 1 atom stereocenters. The second-order valence-corrected chi connectivity index (χ2v) is 5.62. The predicted molar refractivity (Wildman–Crippen MR) is 78.6 cm³/mol. The SMILES string of the molecule is [O-][S+](c1ccccc1)c1ccccc1-c1ccncn1. The fourth-order valence-electron chi connectivity index (χ4n) is 1.96. The standard InChI is InChI=1S/C16H12N2OS/c19-20(13-6-2-1-3-7-13)16-9-5-4-8-14(16)15-10-11-17-12-18-15/h1-12H. The average Bonchev–Trinajstić information content (AvgIpc) is 2.56. The van der Waals surface area contributed by atoms with Gasteiger partial charge in [-0.1, -0.05) is 30.3 Å². The van der Waals surface area contributed by atoms with Crippen molar-refractivity contribution in [2.75, 3.05) is 0 Å². The topological polar surface area (TPSA) is 48.8 Å². The van der Waals surface area contributed by atoms with E-state index in [4.69, 9.17) is 0 Å². The van der Waals surface area contributed by atoms with Crippen molar-refractivity contribution in [3.05, 3.63) is 73.2 Å². The molecule has 0 N–H and O–H groups in total. The summed E-state index contributed by atoms with van der Waals surface area (Å²) in [6.07, 6.45) is 3.18. The second-order valence-electron chi connectivity index (χ2n) is 4.17. The lowest BCUT2D eigenvalue weighted by Gasteiger charge is -2.13. The van der Waals surface area contributed by atoms with Gasteiger partial charge in [-0.05, 0) is 30.3 Å². The number of benzene rings is 2. The lowest BCUT2D eigenvalue weighted by molar-refractivity contribution is 0.595. The Morgan fingerprint density at radius 2 is 1.60 bits per heavy atom. The summed E-state index contributed by atoms with van der Waals surface area (Å²) in [6.45, 7) is 0. The summed E-state index contributed by atoms with van der Waals surface area (Å²) in [7, 11) is 0. The van der Waals surface area contributed by atoms with Gasteiger partial charge in [0.15, 0.2) is 9.79 Å². The number of rotatable bonds is 3. The Morgan fingerprint density at radius 3 is 2.35 bits per heavy atom. The van der Waals surface area contributed by atoms with Crippen LogP contribution in [0.25, 0.3) is 11.3 Å². The Balaban J connectivity index is 2.07. The highest BCUT2D eigenvalue weighted by Gasteiger charge is 2.19. The first-order chi connectivity index (χ1) is 9.86. The second kappa shape index (κ2) is 5.86. The Morgan fingerprint density at radius 1 is 0.850 bits per heavy atom. The van der Waals surface area contributed by atoms with Crippen LogP contribution in [-0.2, 0) is 11.2 Å². The van der Waals surface area contributed by atoms with E-state index < -0.39 is 11.2 Å². The Bertz CT molecular complexity index is 689. The number of nitrogens with zero attached hydrogens (tertiary/aromatic N) is 2. The third kappa shape index (κ3) is 2.57. The summed E-state index contributed by atoms with van der Waals surface area (Å²) in [5.41, 5.74) is 1.65. The molecule has 2 aromatic carbocycles. The quantitative estimate of drug-likeness (QED) is 0.692. The zero-order valence-electron chi connectivity index (χ0n) is 10.6. The van der Waals surface area contributed by atoms with E-state index in [1.807, 2.05) is 60.7 Å². The average molecular weight is 280 g/mol. The van der Waals surface area contributed by atoms with E-state index in [1.54, 1.807) is 6.20 Å². The molecule has 20 heavy (non-hydrogen) atoms. The molecule has 1 heterocycles. The van der Waals surface area contributed by atoms with Crippen LogP contribution >= 0.6 is 0 Å². The molecule has 0 aliphatic heterocycles. The summed E-state index contributed by atoms with van der Waals surface area (Å²) in [6, 6.07) is 18.9. The Labute approximate surface area is 120 Å². The molecule has 0 saturated carbocycles. The van der Waals surface area contributed by atoms with Gasteiger partial charge < -0.3 is 4.55 Å². The van der Waals surface area contributed by atoms with Crippen LogP contribution in [-0.4, -0.2) is 14.5 Å². The fraction of sp³-hybridized carbons (Fsp3) is 0. The van der Waals surface area contributed by atoms with Gasteiger partial charge in [-0.3, -0.25) is 0 Å². The molecule has 0 fully saturated rings. The number of hydrogen-bond donors (Lipinski definition) is 0. The zero-order valence-corrected chi connectivity index (χ0v) is 11.5. The van der Waals surface area contributed by atoms with Gasteiger partial charge in [-0.2, -0.15) is 0 Å². The minimum absolute atomic E-state index is 0.761. The molecule has 0 saturated heterocycles. The van der Waals surface area contributed by atoms with Crippen molar-refractivity contribution in [3.8, 4) is 11.3 Å². The Hall–Kier alpha value is -2.17. The maximum atomic E-state index is 12.7. The molecule has 0 aliphatic carbocycles. The van der Waals surface area contributed by atoms with Crippen LogP contribution in [0.4, 0.5) is 0 Å². The third-order valence-corrected chi connectivity index (χ3v) is 4.36. The summed E-state index contributed by atoms with van der Waals surface area (Å²) < 4.78 is 12.7. The highest BCUT2D eigenvalue weighted by molar-refractivity contribution is 7.91. The smallest absolute Gasteiger partial charge is 0.167 e. The van der Waals surface area contributed by atoms with Crippen LogP contribution in [0, 0.1) is 0 Å². The van der Waals surface area contributed by atoms with Gasteiger partial charge >= 0.3 is 0 Å². The van der Waals surface area contributed by atoms with Crippen molar-refractivity contribution in [1.29, 1.82) is 0 Å². The molecule has 1 aromatic heterocycles. The van der Waals surface area contributed by atoms with Crippen molar-refractivity contribution in [2.45, 2.75) is 9.79 Å². The molecule has 0 bridgehead atoms. The molecule has 1 unspecified atom stereocenters. The summed E-state index contributed by atoms with van der Waals surface area (Å²) in [5.74, 6) is 0. The van der Waals surface area contributed by atoms with Gasteiger partial charge in [0.05, 0.1) is 11.3 Å². The summed E-state index contributed by atoms with van der Waals surface area (Å²) in [4.78, 5) is 9.70. The summed E-state index contributed by atoms with van der Waals surface area (Å²) in [5, 5.41) is 0. The molecule has 3 rings (SSSR count). The van der Waals surface area contributed by atoms with E-state index in [1.165, 1.54) is 6.33 Å². The van der Waals surface area contributed by atoms with Crippen LogP contribution in [0.2, 0.25) is 0 Å². The molecule has 0 aliphatic rings. The molecular weight excluding hydrogens is 268 g/mol. The van der Waals surface area contributed by atoms with Gasteiger partial charge in [0.2, 0.25) is 0 Å². The maximum Gasteiger partial charge on any atom is 0.167 e. The van der Waals surface area contributed by atoms with Crippen molar-refractivity contribution in [3.63, 3.8) is 0 Å². The third-order valence-electron chi connectivity index (χ3n) is 2.90. The molecule has 98 valence electrons. The first kappa shape index (κ1) is 12.8. The highest BCUT2D eigenvalue weighted by atomic mass is 32.2. The van der Waals surface area contributed by atoms with Crippen molar-refractivity contribution in [1.82, 2.24) is 9.97 Å². The van der Waals surface area contributed by atoms with Gasteiger partial charge in [-0.25, -0.2) is 9.97 Å². The van der Waals surface area contributed by atoms with Crippen LogP contribution in [0.15, 0.2) is 83.0 Å².